The number of aromatic amines is 1. The quantitative estimate of drug-likeness (QED) is 0.665. The van der Waals surface area contributed by atoms with Crippen LogP contribution < -0.4 is 5.32 Å². The summed E-state index contributed by atoms with van der Waals surface area (Å²) >= 11 is 2.24. The van der Waals surface area contributed by atoms with Crippen molar-refractivity contribution < 1.29 is 4.79 Å². The minimum Gasteiger partial charge on any atom is -0.361 e. The Morgan fingerprint density at radius 3 is 2.63 bits per heavy atom. The summed E-state index contributed by atoms with van der Waals surface area (Å²) in [5.74, 6) is -0.0913. The number of halogens is 1. The zero-order valence-corrected chi connectivity index (χ0v) is 12.1. The Bertz CT molecular complexity index is 731. The minimum absolute atomic E-state index is 0.0913. The summed E-state index contributed by atoms with van der Waals surface area (Å²) in [4.78, 5) is 15.4. The highest BCUT2D eigenvalue weighted by molar-refractivity contribution is 14.1. The molecule has 2 N–H and O–H groups in total. The van der Waals surface area contributed by atoms with E-state index in [0.717, 1.165) is 20.2 Å². The fourth-order valence-corrected chi connectivity index (χ4v) is 2.37. The molecular formula is C15H11IN2O. The van der Waals surface area contributed by atoms with E-state index in [4.69, 9.17) is 0 Å². The first-order valence-electron chi connectivity index (χ1n) is 5.87. The molecule has 2 aromatic carbocycles. The van der Waals surface area contributed by atoms with E-state index in [1.165, 1.54) is 0 Å². The van der Waals surface area contributed by atoms with Crippen LogP contribution in [-0.2, 0) is 0 Å². The van der Waals surface area contributed by atoms with Gasteiger partial charge in [-0.05, 0) is 65.1 Å². The number of carbonyl (C=O) groups excluding carboxylic acids is 1. The standard InChI is InChI=1S/C15H11IN2O/c16-10-4-6-11(7-5-10)18-15(19)13-2-1-3-14-12(13)8-9-17-14/h1-9,17H,(H,18,19). The van der Waals surface area contributed by atoms with Gasteiger partial charge in [-0.15, -0.1) is 0 Å². The number of H-pyrrole nitrogens is 1. The van der Waals surface area contributed by atoms with Gasteiger partial charge in [0.15, 0.2) is 0 Å². The van der Waals surface area contributed by atoms with Crippen LogP contribution in [0.3, 0.4) is 0 Å². The van der Waals surface area contributed by atoms with E-state index in [1.54, 1.807) is 0 Å². The maximum Gasteiger partial charge on any atom is 0.256 e. The first-order chi connectivity index (χ1) is 9.24. The third-order valence-electron chi connectivity index (χ3n) is 2.94. The van der Waals surface area contributed by atoms with E-state index in [0.29, 0.717) is 5.56 Å². The van der Waals surface area contributed by atoms with Crippen LogP contribution in [0.5, 0.6) is 0 Å². The van der Waals surface area contributed by atoms with Crippen molar-refractivity contribution >= 4 is 45.1 Å². The van der Waals surface area contributed by atoms with Crippen molar-refractivity contribution in [1.29, 1.82) is 0 Å². The van der Waals surface area contributed by atoms with Crippen LogP contribution in [0.25, 0.3) is 10.9 Å². The molecule has 0 fully saturated rings. The van der Waals surface area contributed by atoms with Crippen LogP contribution in [0.2, 0.25) is 0 Å². The predicted molar refractivity (Wildman–Crippen MR) is 85.4 cm³/mol. The van der Waals surface area contributed by atoms with Gasteiger partial charge in [0.1, 0.15) is 0 Å². The molecule has 1 heterocycles. The van der Waals surface area contributed by atoms with Gasteiger partial charge in [-0.1, -0.05) is 6.07 Å². The van der Waals surface area contributed by atoms with Gasteiger partial charge in [-0.3, -0.25) is 4.79 Å². The molecule has 94 valence electrons. The first kappa shape index (κ1) is 12.2. The second-order valence-corrected chi connectivity index (χ2v) is 5.45. The molecule has 3 nitrogen and oxygen atoms in total. The number of anilines is 1. The summed E-state index contributed by atoms with van der Waals surface area (Å²) in [5.41, 5.74) is 2.45. The van der Waals surface area contributed by atoms with Gasteiger partial charge in [0.25, 0.3) is 5.91 Å². The van der Waals surface area contributed by atoms with E-state index in [9.17, 15) is 4.79 Å². The number of rotatable bonds is 2. The molecule has 3 aromatic rings. The average molecular weight is 362 g/mol. The number of nitrogens with one attached hydrogen (secondary N) is 2. The van der Waals surface area contributed by atoms with Crippen molar-refractivity contribution in [2.75, 3.05) is 5.32 Å². The molecule has 19 heavy (non-hydrogen) atoms. The lowest BCUT2D eigenvalue weighted by Crippen LogP contribution is -2.12. The van der Waals surface area contributed by atoms with Crippen molar-refractivity contribution in [3.8, 4) is 0 Å². The Morgan fingerprint density at radius 1 is 1.05 bits per heavy atom. The highest BCUT2D eigenvalue weighted by Crippen LogP contribution is 2.19. The largest absolute Gasteiger partial charge is 0.361 e. The van der Waals surface area contributed by atoms with Crippen molar-refractivity contribution in [1.82, 2.24) is 4.98 Å². The lowest BCUT2D eigenvalue weighted by Gasteiger charge is -2.06. The zero-order chi connectivity index (χ0) is 13.2. The Labute approximate surface area is 124 Å². The molecule has 1 aromatic heterocycles. The molecule has 0 aliphatic heterocycles. The molecule has 3 rings (SSSR count). The lowest BCUT2D eigenvalue weighted by atomic mass is 10.1. The molecule has 0 aliphatic carbocycles. The molecule has 0 radical (unpaired) electrons. The second kappa shape index (κ2) is 5.05. The zero-order valence-electron chi connectivity index (χ0n) is 9.98. The number of hydrogen-bond acceptors (Lipinski definition) is 1. The summed E-state index contributed by atoms with van der Waals surface area (Å²) in [6.07, 6.45) is 1.84. The molecule has 4 heteroatoms. The molecule has 0 spiro atoms. The fraction of sp³-hybridized carbons (Fsp3) is 0. The fourth-order valence-electron chi connectivity index (χ4n) is 2.02. The number of aromatic nitrogens is 1. The highest BCUT2D eigenvalue weighted by Gasteiger charge is 2.10. The number of fused-ring (bicyclic) bond motifs is 1. The monoisotopic (exact) mass is 362 g/mol. The molecule has 0 saturated heterocycles. The smallest absolute Gasteiger partial charge is 0.256 e. The van der Waals surface area contributed by atoms with E-state index >= 15 is 0 Å². The van der Waals surface area contributed by atoms with Gasteiger partial charge < -0.3 is 10.3 Å². The summed E-state index contributed by atoms with van der Waals surface area (Å²) in [7, 11) is 0. The molecule has 0 unspecified atom stereocenters. The lowest BCUT2D eigenvalue weighted by molar-refractivity contribution is 0.102. The highest BCUT2D eigenvalue weighted by atomic mass is 127. The van der Waals surface area contributed by atoms with Crippen molar-refractivity contribution in [3.05, 3.63) is 63.9 Å². The van der Waals surface area contributed by atoms with Gasteiger partial charge in [0.05, 0.1) is 0 Å². The van der Waals surface area contributed by atoms with Crippen LogP contribution in [0.1, 0.15) is 10.4 Å². The minimum atomic E-state index is -0.0913. The topological polar surface area (TPSA) is 44.9 Å². The summed E-state index contributed by atoms with van der Waals surface area (Å²) < 4.78 is 1.14. The van der Waals surface area contributed by atoms with Crippen LogP contribution in [0.15, 0.2) is 54.7 Å². The number of hydrogen-bond donors (Lipinski definition) is 2. The summed E-state index contributed by atoms with van der Waals surface area (Å²) in [6.45, 7) is 0. The average Bonchev–Trinajstić information content (AvgIpc) is 2.89. The third-order valence-corrected chi connectivity index (χ3v) is 3.66. The van der Waals surface area contributed by atoms with Crippen LogP contribution in [0, 0.1) is 3.57 Å². The third kappa shape index (κ3) is 2.49. The molecule has 1 amide bonds. The molecule has 0 saturated carbocycles. The van der Waals surface area contributed by atoms with Crippen molar-refractivity contribution in [3.63, 3.8) is 0 Å². The SMILES string of the molecule is O=C(Nc1ccc(I)cc1)c1cccc2[nH]ccc12. The second-order valence-electron chi connectivity index (χ2n) is 4.21. The molecule has 0 bridgehead atoms. The van der Waals surface area contributed by atoms with E-state index in [-0.39, 0.29) is 5.91 Å². The Balaban J connectivity index is 1.92. The van der Waals surface area contributed by atoms with Gasteiger partial charge in [0, 0.05) is 31.9 Å². The van der Waals surface area contributed by atoms with E-state index in [2.05, 4.69) is 32.9 Å². The van der Waals surface area contributed by atoms with Crippen molar-refractivity contribution in [2.24, 2.45) is 0 Å². The molecule has 0 aliphatic rings. The van der Waals surface area contributed by atoms with E-state index in [1.807, 2.05) is 54.7 Å². The molecular weight excluding hydrogens is 351 g/mol. The van der Waals surface area contributed by atoms with Crippen LogP contribution in [0.4, 0.5) is 5.69 Å². The number of carbonyl (C=O) groups is 1. The van der Waals surface area contributed by atoms with Gasteiger partial charge >= 0.3 is 0 Å². The van der Waals surface area contributed by atoms with Gasteiger partial charge in [-0.2, -0.15) is 0 Å². The Hall–Kier alpha value is -1.82. The maximum absolute atomic E-state index is 12.3. The first-order valence-corrected chi connectivity index (χ1v) is 6.95. The molecule has 0 atom stereocenters. The van der Waals surface area contributed by atoms with Gasteiger partial charge in [0.2, 0.25) is 0 Å². The Kier molecular flexibility index (Phi) is 3.25. The van der Waals surface area contributed by atoms with Crippen molar-refractivity contribution in [2.45, 2.75) is 0 Å². The van der Waals surface area contributed by atoms with Gasteiger partial charge in [-0.25, -0.2) is 0 Å². The van der Waals surface area contributed by atoms with E-state index < -0.39 is 0 Å². The summed E-state index contributed by atoms with van der Waals surface area (Å²) in [6, 6.07) is 15.3. The number of benzene rings is 2. The predicted octanol–water partition coefficient (Wildman–Crippen LogP) is 4.02. The maximum atomic E-state index is 12.3. The normalized spacial score (nSPS) is 10.6. The van der Waals surface area contributed by atoms with Crippen LogP contribution in [-0.4, -0.2) is 10.9 Å². The Morgan fingerprint density at radius 2 is 1.84 bits per heavy atom. The number of amides is 1. The van der Waals surface area contributed by atoms with Crippen LogP contribution >= 0.6 is 22.6 Å². The summed E-state index contributed by atoms with van der Waals surface area (Å²) in [5, 5.41) is 3.85.